The van der Waals surface area contributed by atoms with Crippen LogP contribution in [-0.4, -0.2) is 17.2 Å². The van der Waals surface area contributed by atoms with Crippen LogP contribution in [0.4, 0.5) is 11.4 Å². The van der Waals surface area contributed by atoms with Gasteiger partial charge in [0.1, 0.15) is 5.75 Å². The van der Waals surface area contributed by atoms with Crippen molar-refractivity contribution in [1.82, 2.24) is 0 Å². The quantitative estimate of drug-likeness (QED) is 0.361. The van der Waals surface area contributed by atoms with Crippen LogP contribution in [0.3, 0.4) is 0 Å². The standard InChI is InChI=1S/C16H15Br2N3O3/c1-10(2)24-16-14(17)6-11(7-15(16)18)9-19-20-12-4-3-5-13(8-12)21(22)23/h3-10,20H,1-2H3. The van der Waals surface area contributed by atoms with Crippen molar-refractivity contribution in [2.45, 2.75) is 20.0 Å². The van der Waals surface area contributed by atoms with Crippen molar-refractivity contribution >= 4 is 49.4 Å². The Labute approximate surface area is 156 Å². The van der Waals surface area contributed by atoms with E-state index in [1.165, 1.54) is 12.1 Å². The van der Waals surface area contributed by atoms with Gasteiger partial charge in [0, 0.05) is 12.1 Å². The van der Waals surface area contributed by atoms with Gasteiger partial charge in [-0.1, -0.05) is 6.07 Å². The van der Waals surface area contributed by atoms with Gasteiger partial charge in [-0.05, 0) is 69.5 Å². The molecule has 0 heterocycles. The fourth-order valence-electron chi connectivity index (χ4n) is 1.87. The summed E-state index contributed by atoms with van der Waals surface area (Å²) in [5.41, 5.74) is 4.16. The topological polar surface area (TPSA) is 76.8 Å². The number of ether oxygens (including phenoxy) is 1. The smallest absolute Gasteiger partial charge is 0.271 e. The number of benzene rings is 2. The third kappa shape index (κ3) is 5.04. The van der Waals surface area contributed by atoms with E-state index in [1.54, 1.807) is 18.3 Å². The highest BCUT2D eigenvalue weighted by molar-refractivity contribution is 9.11. The molecule has 0 saturated carbocycles. The third-order valence-corrected chi connectivity index (χ3v) is 4.02. The molecule has 8 heteroatoms. The molecule has 0 spiro atoms. The molecule has 2 aromatic carbocycles. The van der Waals surface area contributed by atoms with Crippen LogP contribution < -0.4 is 10.2 Å². The Kier molecular flexibility index (Phi) is 6.33. The predicted molar refractivity (Wildman–Crippen MR) is 102 cm³/mol. The number of rotatable bonds is 6. The average molecular weight is 457 g/mol. The van der Waals surface area contributed by atoms with Crippen LogP contribution in [0.15, 0.2) is 50.4 Å². The van der Waals surface area contributed by atoms with Gasteiger partial charge in [0.05, 0.1) is 31.9 Å². The lowest BCUT2D eigenvalue weighted by molar-refractivity contribution is -0.384. The zero-order valence-corrected chi connectivity index (χ0v) is 16.2. The molecule has 0 fully saturated rings. The highest BCUT2D eigenvalue weighted by atomic mass is 79.9. The number of non-ortho nitro benzene ring substituents is 1. The first-order chi connectivity index (χ1) is 11.4. The van der Waals surface area contributed by atoms with Crippen molar-refractivity contribution < 1.29 is 9.66 Å². The molecule has 0 bridgehead atoms. The number of hydrogen-bond acceptors (Lipinski definition) is 5. The molecule has 0 unspecified atom stereocenters. The largest absolute Gasteiger partial charge is 0.489 e. The van der Waals surface area contributed by atoms with E-state index in [0.717, 1.165) is 20.3 Å². The SMILES string of the molecule is CC(C)Oc1c(Br)cc(C=NNc2cccc([N+](=O)[O-])c2)cc1Br. The first-order valence-corrected chi connectivity index (χ1v) is 8.64. The number of hydrogen-bond donors (Lipinski definition) is 1. The molecule has 0 aliphatic carbocycles. The van der Waals surface area contributed by atoms with Crippen molar-refractivity contribution in [1.29, 1.82) is 0 Å². The van der Waals surface area contributed by atoms with Crippen molar-refractivity contribution in [3.63, 3.8) is 0 Å². The van der Waals surface area contributed by atoms with Gasteiger partial charge in [-0.2, -0.15) is 5.10 Å². The summed E-state index contributed by atoms with van der Waals surface area (Å²) in [6, 6.07) is 9.90. The van der Waals surface area contributed by atoms with Gasteiger partial charge >= 0.3 is 0 Å². The lowest BCUT2D eigenvalue weighted by Crippen LogP contribution is -2.06. The van der Waals surface area contributed by atoms with Crippen LogP contribution in [0, 0.1) is 10.1 Å². The van der Waals surface area contributed by atoms with Crippen molar-refractivity contribution in [2.75, 3.05) is 5.43 Å². The number of hydrazone groups is 1. The highest BCUT2D eigenvalue weighted by Gasteiger charge is 2.10. The molecule has 0 saturated heterocycles. The number of nitro groups is 1. The normalized spacial score (nSPS) is 11.0. The highest BCUT2D eigenvalue weighted by Crippen LogP contribution is 2.35. The molecule has 126 valence electrons. The zero-order chi connectivity index (χ0) is 17.7. The molecule has 0 amide bonds. The molecule has 24 heavy (non-hydrogen) atoms. The monoisotopic (exact) mass is 455 g/mol. The Morgan fingerprint density at radius 2 is 1.92 bits per heavy atom. The molecule has 0 radical (unpaired) electrons. The second-order valence-electron chi connectivity index (χ2n) is 5.16. The van der Waals surface area contributed by atoms with Crippen molar-refractivity contribution in [3.05, 3.63) is 61.0 Å². The van der Waals surface area contributed by atoms with Gasteiger partial charge in [0.25, 0.3) is 5.69 Å². The van der Waals surface area contributed by atoms with Crippen molar-refractivity contribution in [2.24, 2.45) is 5.10 Å². The third-order valence-electron chi connectivity index (χ3n) is 2.84. The maximum atomic E-state index is 10.7. The Morgan fingerprint density at radius 1 is 1.25 bits per heavy atom. The molecule has 6 nitrogen and oxygen atoms in total. The first-order valence-electron chi connectivity index (χ1n) is 7.06. The minimum absolute atomic E-state index is 0.0101. The van der Waals surface area contributed by atoms with Crippen LogP contribution >= 0.6 is 31.9 Å². The lowest BCUT2D eigenvalue weighted by Gasteiger charge is -2.13. The van der Waals surface area contributed by atoms with Gasteiger partial charge in [-0.3, -0.25) is 15.5 Å². The summed E-state index contributed by atoms with van der Waals surface area (Å²) in [5.74, 6) is 0.730. The number of halogens is 2. The fourth-order valence-corrected chi connectivity index (χ4v) is 3.28. The van der Waals surface area contributed by atoms with Gasteiger partial charge < -0.3 is 4.74 Å². The Bertz CT molecular complexity index is 756. The number of nitrogens with one attached hydrogen (secondary N) is 1. The van der Waals surface area contributed by atoms with Crippen LogP contribution in [0.1, 0.15) is 19.4 Å². The summed E-state index contributed by atoms with van der Waals surface area (Å²) < 4.78 is 7.34. The van der Waals surface area contributed by atoms with Crippen LogP contribution in [0.2, 0.25) is 0 Å². The zero-order valence-electron chi connectivity index (χ0n) is 13.0. The van der Waals surface area contributed by atoms with E-state index in [-0.39, 0.29) is 11.8 Å². The van der Waals surface area contributed by atoms with E-state index in [2.05, 4.69) is 42.4 Å². The molecule has 1 N–H and O–H groups in total. The lowest BCUT2D eigenvalue weighted by atomic mass is 10.2. The molecule has 0 aromatic heterocycles. The maximum absolute atomic E-state index is 10.7. The van der Waals surface area contributed by atoms with E-state index in [0.29, 0.717) is 5.69 Å². The van der Waals surface area contributed by atoms with E-state index in [4.69, 9.17) is 4.74 Å². The summed E-state index contributed by atoms with van der Waals surface area (Å²) in [4.78, 5) is 10.3. The molecule has 0 aliphatic rings. The molecular weight excluding hydrogens is 442 g/mol. The summed E-state index contributed by atoms with van der Waals surface area (Å²) in [6.45, 7) is 3.91. The van der Waals surface area contributed by atoms with Crippen LogP contribution in [0.5, 0.6) is 5.75 Å². The second-order valence-corrected chi connectivity index (χ2v) is 6.87. The number of nitro benzene ring substituents is 1. The van der Waals surface area contributed by atoms with Gasteiger partial charge in [0.15, 0.2) is 0 Å². The van der Waals surface area contributed by atoms with Gasteiger partial charge in [-0.25, -0.2) is 0 Å². The summed E-state index contributed by atoms with van der Waals surface area (Å²) >= 11 is 6.95. The molecular formula is C16H15Br2N3O3. The maximum Gasteiger partial charge on any atom is 0.271 e. The van der Waals surface area contributed by atoms with E-state index in [1.807, 2.05) is 26.0 Å². The minimum Gasteiger partial charge on any atom is -0.489 e. The van der Waals surface area contributed by atoms with E-state index in [9.17, 15) is 10.1 Å². The van der Waals surface area contributed by atoms with Gasteiger partial charge in [-0.15, -0.1) is 0 Å². The van der Waals surface area contributed by atoms with Crippen LogP contribution in [-0.2, 0) is 0 Å². The second kappa shape index (κ2) is 8.25. The van der Waals surface area contributed by atoms with E-state index >= 15 is 0 Å². The Hall–Kier alpha value is -1.93. The Morgan fingerprint density at radius 3 is 2.50 bits per heavy atom. The summed E-state index contributed by atoms with van der Waals surface area (Å²) in [5, 5.41) is 14.9. The number of nitrogens with zero attached hydrogens (tertiary/aromatic N) is 2. The first kappa shape index (κ1) is 18.4. The van der Waals surface area contributed by atoms with Crippen LogP contribution in [0.25, 0.3) is 0 Å². The fraction of sp³-hybridized carbons (Fsp3) is 0.188. The summed E-state index contributed by atoms with van der Waals surface area (Å²) in [7, 11) is 0. The Balaban J connectivity index is 2.12. The summed E-state index contributed by atoms with van der Waals surface area (Å²) in [6.07, 6.45) is 1.68. The van der Waals surface area contributed by atoms with Gasteiger partial charge in [0.2, 0.25) is 0 Å². The minimum atomic E-state index is -0.448. The predicted octanol–water partition coefficient (Wildman–Crippen LogP) is 5.35. The molecule has 0 aliphatic heterocycles. The molecule has 2 rings (SSSR count). The molecule has 2 aromatic rings. The number of anilines is 1. The van der Waals surface area contributed by atoms with Crippen molar-refractivity contribution in [3.8, 4) is 5.75 Å². The van der Waals surface area contributed by atoms with E-state index < -0.39 is 4.92 Å². The molecule has 0 atom stereocenters. The average Bonchev–Trinajstić information content (AvgIpc) is 2.51.